The van der Waals surface area contributed by atoms with Crippen LogP contribution >= 0.6 is 11.6 Å². The van der Waals surface area contributed by atoms with Crippen molar-refractivity contribution in [3.8, 4) is 17.6 Å². The van der Waals surface area contributed by atoms with Gasteiger partial charge in [0.1, 0.15) is 12.4 Å². The number of hydrogen-bond donors (Lipinski definition) is 0. The lowest BCUT2D eigenvalue weighted by Crippen LogP contribution is -1.97. The van der Waals surface area contributed by atoms with Crippen LogP contribution in [0.2, 0.25) is 0 Å². The average molecular weight is 272 g/mol. The number of ether oxygens (including phenoxy) is 1. The van der Waals surface area contributed by atoms with Crippen molar-refractivity contribution in [1.29, 1.82) is 0 Å². The molecule has 1 aromatic heterocycles. The predicted octanol–water partition coefficient (Wildman–Crippen LogP) is 3.56. The van der Waals surface area contributed by atoms with Crippen molar-refractivity contribution < 1.29 is 4.74 Å². The summed E-state index contributed by atoms with van der Waals surface area (Å²) in [6.45, 7) is 2.52. The van der Waals surface area contributed by atoms with Crippen molar-refractivity contribution in [2.75, 3.05) is 5.88 Å². The number of nitrogens with zero attached hydrogens (tertiary/aromatic N) is 1. The number of hydrogen-bond acceptors (Lipinski definition) is 2. The SMILES string of the molecule is Cc1cc(C#CCCl)ccc1OCc1cccnc1. The second-order valence-corrected chi connectivity index (χ2v) is 4.33. The minimum atomic E-state index is 0.346. The lowest BCUT2D eigenvalue weighted by atomic mass is 10.1. The molecule has 0 spiro atoms. The molecular weight excluding hydrogens is 258 g/mol. The van der Waals surface area contributed by atoms with Gasteiger partial charge in [-0.15, -0.1) is 11.6 Å². The maximum absolute atomic E-state index is 5.77. The fourth-order valence-corrected chi connectivity index (χ4v) is 1.74. The van der Waals surface area contributed by atoms with Gasteiger partial charge in [-0.1, -0.05) is 17.9 Å². The maximum atomic E-state index is 5.77. The molecule has 96 valence electrons. The average Bonchev–Trinajstić information content (AvgIpc) is 2.45. The van der Waals surface area contributed by atoms with E-state index in [-0.39, 0.29) is 0 Å². The second-order valence-electron chi connectivity index (χ2n) is 4.07. The number of aryl methyl sites for hydroxylation is 1. The highest BCUT2D eigenvalue weighted by Gasteiger charge is 2.01. The molecule has 0 fully saturated rings. The van der Waals surface area contributed by atoms with Crippen LogP contribution in [0.3, 0.4) is 0 Å². The van der Waals surface area contributed by atoms with Crippen LogP contribution in [-0.2, 0) is 6.61 Å². The molecule has 0 amide bonds. The summed E-state index contributed by atoms with van der Waals surface area (Å²) in [7, 11) is 0. The van der Waals surface area contributed by atoms with Crippen molar-refractivity contribution in [3.05, 3.63) is 59.4 Å². The zero-order valence-corrected chi connectivity index (χ0v) is 11.4. The molecule has 3 heteroatoms. The summed E-state index contributed by atoms with van der Waals surface area (Å²) in [6, 6.07) is 9.76. The van der Waals surface area contributed by atoms with Crippen LogP contribution in [0.5, 0.6) is 5.75 Å². The third kappa shape index (κ3) is 4.01. The van der Waals surface area contributed by atoms with E-state index in [4.69, 9.17) is 16.3 Å². The Morgan fingerprint density at radius 1 is 1.32 bits per heavy atom. The summed E-state index contributed by atoms with van der Waals surface area (Å²) in [4.78, 5) is 4.06. The summed E-state index contributed by atoms with van der Waals surface area (Å²) in [5.74, 6) is 7.03. The highest BCUT2D eigenvalue weighted by atomic mass is 35.5. The first kappa shape index (κ1) is 13.5. The molecule has 2 rings (SSSR count). The van der Waals surface area contributed by atoms with E-state index < -0.39 is 0 Å². The molecule has 0 saturated carbocycles. The Hall–Kier alpha value is -1.98. The molecule has 0 radical (unpaired) electrons. The summed E-state index contributed by atoms with van der Waals surface area (Å²) >= 11 is 5.54. The van der Waals surface area contributed by atoms with E-state index >= 15 is 0 Å². The third-order valence-corrected chi connectivity index (χ3v) is 2.73. The van der Waals surface area contributed by atoms with Gasteiger partial charge in [-0.3, -0.25) is 4.98 Å². The zero-order chi connectivity index (χ0) is 13.5. The summed E-state index contributed by atoms with van der Waals surface area (Å²) in [5.41, 5.74) is 3.06. The zero-order valence-electron chi connectivity index (χ0n) is 10.7. The number of alkyl halides is 1. The van der Waals surface area contributed by atoms with Gasteiger partial charge >= 0.3 is 0 Å². The molecule has 19 heavy (non-hydrogen) atoms. The van der Waals surface area contributed by atoms with Crippen LogP contribution in [0.15, 0.2) is 42.7 Å². The van der Waals surface area contributed by atoms with Crippen LogP contribution in [0.25, 0.3) is 0 Å². The minimum absolute atomic E-state index is 0.346. The Balaban J connectivity index is 2.05. The molecule has 2 aromatic rings. The molecule has 2 nitrogen and oxygen atoms in total. The van der Waals surface area contributed by atoms with Crippen LogP contribution in [0.4, 0.5) is 0 Å². The minimum Gasteiger partial charge on any atom is -0.489 e. The summed E-state index contributed by atoms with van der Waals surface area (Å²) in [6.07, 6.45) is 3.55. The van der Waals surface area contributed by atoms with Gasteiger partial charge in [-0.2, -0.15) is 0 Å². The van der Waals surface area contributed by atoms with Gasteiger partial charge in [-0.25, -0.2) is 0 Å². The number of benzene rings is 1. The Labute approximate surface area is 118 Å². The van der Waals surface area contributed by atoms with E-state index in [1.807, 2.05) is 37.3 Å². The standard InChI is InChI=1S/C16H14ClNO/c1-13-10-14(4-2-8-17)6-7-16(13)19-12-15-5-3-9-18-11-15/h3,5-7,9-11H,8,12H2,1H3. The second kappa shape index (κ2) is 6.82. The van der Waals surface area contributed by atoms with Gasteiger partial charge in [0.15, 0.2) is 0 Å². The van der Waals surface area contributed by atoms with Crippen molar-refractivity contribution in [3.63, 3.8) is 0 Å². The monoisotopic (exact) mass is 271 g/mol. The van der Waals surface area contributed by atoms with Gasteiger partial charge in [0.2, 0.25) is 0 Å². The first-order valence-electron chi connectivity index (χ1n) is 5.97. The fraction of sp³-hybridized carbons (Fsp3) is 0.188. The van der Waals surface area contributed by atoms with E-state index in [1.54, 1.807) is 12.4 Å². The topological polar surface area (TPSA) is 22.1 Å². The molecule has 0 aliphatic rings. The number of rotatable bonds is 3. The summed E-state index contributed by atoms with van der Waals surface area (Å²) in [5, 5.41) is 0. The molecule has 0 atom stereocenters. The number of halogens is 1. The van der Waals surface area contributed by atoms with Gasteiger partial charge < -0.3 is 4.74 Å². The smallest absolute Gasteiger partial charge is 0.122 e. The van der Waals surface area contributed by atoms with Gasteiger partial charge in [0.05, 0.1) is 5.88 Å². The Bertz CT molecular complexity index is 599. The normalized spacial score (nSPS) is 9.58. The molecular formula is C16H14ClNO. The Morgan fingerprint density at radius 3 is 2.89 bits per heavy atom. The molecule has 0 bridgehead atoms. The maximum Gasteiger partial charge on any atom is 0.122 e. The van der Waals surface area contributed by atoms with Crippen LogP contribution in [-0.4, -0.2) is 10.9 Å². The number of pyridine rings is 1. The first-order chi connectivity index (χ1) is 9.29. The molecule has 0 aliphatic carbocycles. The lowest BCUT2D eigenvalue weighted by Gasteiger charge is -2.09. The van der Waals surface area contributed by atoms with Gasteiger partial charge in [0.25, 0.3) is 0 Å². The van der Waals surface area contributed by atoms with Gasteiger partial charge in [-0.05, 0) is 36.8 Å². The fourth-order valence-electron chi connectivity index (χ4n) is 1.67. The Kier molecular flexibility index (Phi) is 4.83. The molecule has 0 aliphatic heterocycles. The van der Waals surface area contributed by atoms with E-state index in [0.717, 1.165) is 22.4 Å². The molecule has 0 saturated heterocycles. The largest absolute Gasteiger partial charge is 0.489 e. The Morgan fingerprint density at radius 2 is 2.21 bits per heavy atom. The van der Waals surface area contributed by atoms with Crippen LogP contribution in [0.1, 0.15) is 16.7 Å². The van der Waals surface area contributed by atoms with Crippen molar-refractivity contribution in [2.24, 2.45) is 0 Å². The predicted molar refractivity (Wildman–Crippen MR) is 77.3 cm³/mol. The van der Waals surface area contributed by atoms with Gasteiger partial charge in [0, 0.05) is 23.5 Å². The molecule has 1 aromatic carbocycles. The molecule has 0 N–H and O–H groups in total. The first-order valence-corrected chi connectivity index (χ1v) is 6.50. The summed E-state index contributed by atoms with van der Waals surface area (Å²) < 4.78 is 5.77. The highest BCUT2D eigenvalue weighted by molar-refractivity contribution is 6.19. The quantitative estimate of drug-likeness (QED) is 0.629. The number of aromatic nitrogens is 1. The van der Waals surface area contributed by atoms with E-state index in [0.29, 0.717) is 12.5 Å². The van der Waals surface area contributed by atoms with E-state index in [2.05, 4.69) is 16.8 Å². The van der Waals surface area contributed by atoms with Crippen LogP contribution in [0, 0.1) is 18.8 Å². The van der Waals surface area contributed by atoms with E-state index in [9.17, 15) is 0 Å². The third-order valence-electron chi connectivity index (χ3n) is 2.59. The lowest BCUT2D eigenvalue weighted by molar-refractivity contribution is 0.303. The van der Waals surface area contributed by atoms with Crippen molar-refractivity contribution in [2.45, 2.75) is 13.5 Å². The highest BCUT2D eigenvalue weighted by Crippen LogP contribution is 2.19. The van der Waals surface area contributed by atoms with E-state index in [1.165, 1.54) is 0 Å². The molecule has 0 unspecified atom stereocenters. The van der Waals surface area contributed by atoms with Crippen LogP contribution < -0.4 is 4.74 Å². The van der Waals surface area contributed by atoms with Crippen molar-refractivity contribution >= 4 is 11.6 Å². The molecule has 1 heterocycles. The van der Waals surface area contributed by atoms with Crippen molar-refractivity contribution in [1.82, 2.24) is 4.98 Å².